The van der Waals surface area contributed by atoms with Gasteiger partial charge in [-0.05, 0) is 49.4 Å². The maximum atomic E-state index is 13.4. The fourth-order valence-electron chi connectivity index (χ4n) is 4.02. The van der Waals surface area contributed by atoms with Crippen LogP contribution in [0.4, 0.5) is 29.3 Å². The number of amides is 3. The van der Waals surface area contributed by atoms with Crippen molar-refractivity contribution in [3.63, 3.8) is 0 Å². The van der Waals surface area contributed by atoms with Crippen molar-refractivity contribution in [3.05, 3.63) is 53.6 Å². The lowest BCUT2D eigenvalue weighted by atomic mass is 9.99. The Kier molecular flexibility index (Phi) is 8.57. The van der Waals surface area contributed by atoms with Crippen molar-refractivity contribution in [2.75, 3.05) is 51.1 Å². The van der Waals surface area contributed by atoms with Gasteiger partial charge in [0.2, 0.25) is 0 Å². The number of hydrogen-bond donors (Lipinski definition) is 2. The van der Waals surface area contributed by atoms with E-state index >= 15 is 0 Å². The van der Waals surface area contributed by atoms with Gasteiger partial charge >= 0.3 is 12.2 Å². The summed E-state index contributed by atoms with van der Waals surface area (Å²) in [6.07, 6.45) is -4.97. The quantitative estimate of drug-likeness (QED) is 0.595. The lowest BCUT2D eigenvalue weighted by Crippen LogP contribution is -2.50. The van der Waals surface area contributed by atoms with Gasteiger partial charge in [-0.25, -0.2) is 4.79 Å². The molecule has 2 aromatic rings. The number of rotatable bonds is 6. The van der Waals surface area contributed by atoms with E-state index < -0.39 is 29.9 Å². The van der Waals surface area contributed by atoms with E-state index in [1.807, 2.05) is 32.0 Å². The molecule has 0 aromatic heterocycles. The Hall–Kier alpha value is -3.47. The van der Waals surface area contributed by atoms with Crippen LogP contribution in [0, 0.1) is 5.92 Å². The van der Waals surface area contributed by atoms with E-state index in [0.29, 0.717) is 17.9 Å². The molecule has 3 amide bonds. The van der Waals surface area contributed by atoms with E-state index in [0.717, 1.165) is 17.8 Å². The zero-order chi connectivity index (χ0) is 27.5. The Morgan fingerprint density at radius 3 is 2.41 bits per heavy atom. The molecule has 0 saturated carbocycles. The van der Waals surface area contributed by atoms with Crippen LogP contribution in [0.2, 0.25) is 0 Å². The number of hydrogen-bond acceptors (Lipinski definition) is 5. The second-order valence-corrected chi connectivity index (χ2v) is 9.58. The number of urea groups is 1. The highest BCUT2D eigenvalue weighted by Gasteiger charge is 2.34. The van der Waals surface area contributed by atoms with Crippen LogP contribution in [0.3, 0.4) is 0 Å². The molecule has 2 aromatic carbocycles. The summed E-state index contributed by atoms with van der Waals surface area (Å²) in [5.41, 5.74) is 0.597. The van der Waals surface area contributed by atoms with Crippen LogP contribution in [-0.4, -0.2) is 79.8 Å². The highest BCUT2D eigenvalue weighted by atomic mass is 19.4. The molecule has 202 valence electrons. The molecular formula is C26H33F3N4O4. The number of nitrogens with zero attached hydrogens (tertiary/aromatic N) is 3. The number of anilines is 2. The minimum atomic E-state index is -4.46. The number of benzene rings is 2. The molecule has 2 N–H and O–H groups in total. The third-order valence-corrected chi connectivity index (χ3v) is 6.43. The summed E-state index contributed by atoms with van der Waals surface area (Å²) in [7, 11) is 5.28. The van der Waals surface area contributed by atoms with Gasteiger partial charge < -0.3 is 29.9 Å². The SMILES string of the molecule is C[C@@H]1CN([C@H](C)CO)C(=O)c2cc(N(C)C)ccc2O[C@@H]1CN(C)C(=O)Nc1ccc(C(F)(F)F)cc1. The van der Waals surface area contributed by atoms with Crippen molar-refractivity contribution in [1.29, 1.82) is 0 Å². The molecule has 0 unspecified atom stereocenters. The molecule has 8 nitrogen and oxygen atoms in total. The summed E-state index contributed by atoms with van der Waals surface area (Å²) >= 11 is 0. The van der Waals surface area contributed by atoms with Crippen LogP contribution in [0.15, 0.2) is 42.5 Å². The number of aliphatic hydroxyl groups is 1. The number of carbonyl (C=O) groups is 2. The van der Waals surface area contributed by atoms with Crippen molar-refractivity contribution in [3.8, 4) is 5.75 Å². The van der Waals surface area contributed by atoms with Gasteiger partial charge in [-0.15, -0.1) is 0 Å². The zero-order valence-corrected chi connectivity index (χ0v) is 21.5. The minimum Gasteiger partial charge on any atom is -0.487 e. The third kappa shape index (κ3) is 6.65. The first kappa shape index (κ1) is 28.1. The number of alkyl halides is 3. The Morgan fingerprint density at radius 1 is 1.19 bits per heavy atom. The summed E-state index contributed by atoms with van der Waals surface area (Å²) in [4.78, 5) is 31.1. The number of nitrogens with one attached hydrogen (secondary N) is 1. The van der Waals surface area contributed by atoms with Crippen molar-refractivity contribution in [1.82, 2.24) is 9.80 Å². The summed E-state index contributed by atoms with van der Waals surface area (Å²) < 4.78 is 44.7. The second-order valence-electron chi connectivity index (χ2n) is 9.58. The molecule has 37 heavy (non-hydrogen) atoms. The van der Waals surface area contributed by atoms with Gasteiger partial charge in [0.05, 0.1) is 30.3 Å². The first-order chi connectivity index (χ1) is 17.3. The molecule has 3 atom stereocenters. The maximum Gasteiger partial charge on any atom is 0.416 e. The van der Waals surface area contributed by atoms with Gasteiger partial charge in [0, 0.05) is 45.0 Å². The van der Waals surface area contributed by atoms with Gasteiger partial charge in [0.25, 0.3) is 5.91 Å². The molecule has 1 heterocycles. The van der Waals surface area contributed by atoms with E-state index in [9.17, 15) is 27.9 Å². The van der Waals surface area contributed by atoms with Crippen molar-refractivity contribution >= 4 is 23.3 Å². The standard InChI is InChI=1S/C26H33F3N4O4/c1-16-13-33(17(2)15-34)24(35)21-12-20(31(3)4)10-11-22(21)37-23(16)14-32(5)25(36)30-19-8-6-18(7-9-19)26(27,28)29/h6-12,16-17,23,34H,13-15H2,1-5H3,(H,30,36)/t16-,17-,23-/m1/s1. The van der Waals surface area contributed by atoms with Crippen LogP contribution in [0.5, 0.6) is 5.75 Å². The fraction of sp³-hybridized carbons (Fsp3) is 0.462. The smallest absolute Gasteiger partial charge is 0.416 e. The van der Waals surface area contributed by atoms with E-state index in [4.69, 9.17) is 4.74 Å². The molecule has 0 spiro atoms. The summed E-state index contributed by atoms with van der Waals surface area (Å²) in [6, 6.07) is 8.55. The van der Waals surface area contributed by atoms with Gasteiger partial charge in [0.1, 0.15) is 11.9 Å². The summed E-state index contributed by atoms with van der Waals surface area (Å²) in [6.45, 7) is 3.91. The van der Waals surface area contributed by atoms with Crippen molar-refractivity contribution in [2.45, 2.75) is 32.2 Å². The highest BCUT2D eigenvalue weighted by Crippen LogP contribution is 2.32. The molecule has 1 aliphatic rings. The fourth-order valence-corrected chi connectivity index (χ4v) is 4.02. The van der Waals surface area contributed by atoms with Gasteiger partial charge in [-0.2, -0.15) is 13.2 Å². The van der Waals surface area contributed by atoms with Gasteiger partial charge in [-0.1, -0.05) is 6.92 Å². The van der Waals surface area contributed by atoms with E-state index in [1.54, 1.807) is 31.0 Å². The predicted molar refractivity (Wildman–Crippen MR) is 135 cm³/mol. The van der Waals surface area contributed by atoms with Crippen LogP contribution >= 0.6 is 0 Å². The highest BCUT2D eigenvalue weighted by molar-refractivity contribution is 5.98. The van der Waals surface area contributed by atoms with Crippen LogP contribution in [0.1, 0.15) is 29.8 Å². The van der Waals surface area contributed by atoms with Gasteiger partial charge in [0.15, 0.2) is 0 Å². The lowest BCUT2D eigenvalue weighted by Gasteiger charge is -2.38. The molecular weight excluding hydrogens is 489 g/mol. The monoisotopic (exact) mass is 522 g/mol. The number of fused-ring (bicyclic) bond motifs is 1. The van der Waals surface area contributed by atoms with E-state index in [2.05, 4.69) is 5.32 Å². The number of aliphatic hydroxyl groups excluding tert-OH is 1. The summed E-state index contributed by atoms with van der Waals surface area (Å²) in [5.74, 6) is -0.0845. The van der Waals surface area contributed by atoms with E-state index in [-0.39, 0.29) is 30.7 Å². The maximum absolute atomic E-state index is 13.4. The van der Waals surface area contributed by atoms with Crippen molar-refractivity contribution < 1.29 is 32.6 Å². The molecule has 0 bridgehead atoms. The average Bonchev–Trinajstić information content (AvgIpc) is 2.84. The lowest BCUT2D eigenvalue weighted by molar-refractivity contribution is -0.137. The first-order valence-corrected chi connectivity index (χ1v) is 11.9. The van der Waals surface area contributed by atoms with Crippen molar-refractivity contribution in [2.24, 2.45) is 5.92 Å². The Morgan fingerprint density at radius 2 is 1.84 bits per heavy atom. The third-order valence-electron chi connectivity index (χ3n) is 6.43. The minimum absolute atomic E-state index is 0.151. The number of halogens is 3. The normalized spacial score (nSPS) is 18.7. The van der Waals surface area contributed by atoms with E-state index in [1.165, 1.54) is 17.0 Å². The molecule has 0 saturated heterocycles. The summed E-state index contributed by atoms with van der Waals surface area (Å²) in [5, 5.41) is 12.4. The van der Waals surface area contributed by atoms with Crippen LogP contribution < -0.4 is 15.0 Å². The molecule has 0 fully saturated rings. The van der Waals surface area contributed by atoms with Crippen LogP contribution in [0.25, 0.3) is 0 Å². The molecule has 3 rings (SSSR count). The second kappa shape index (κ2) is 11.3. The Bertz CT molecular complexity index is 1110. The average molecular weight is 523 g/mol. The largest absolute Gasteiger partial charge is 0.487 e. The zero-order valence-electron chi connectivity index (χ0n) is 21.5. The molecule has 1 aliphatic heterocycles. The Labute approximate surface area is 214 Å². The van der Waals surface area contributed by atoms with Gasteiger partial charge in [-0.3, -0.25) is 4.79 Å². The molecule has 11 heteroatoms. The topological polar surface area (TPSA) is 85.4 Å². The number of likely N-dealkylation sites (N-methyl/N-ethyl adjacent to an activating group) is 1. The predicted octanol–water partition coefficient (Wildman–Crippen LogP) is 4.16. The Balaban J connectivity index is 1.81. The molecule has 0 aliphatic carbocycles. The number of carbonyl (C=O) groups excluding carboxylic acids is 2. The first-order valence-electron chi connectivity index (χ1n) is 11.9. The number of ether oxygens (including phenoxy) is 1. The van der Waals surface area contributed by atoms with Crippen LogP contribution in [-0.2, 0) is 6.18 Å². The molecule has 0 radical (unpaired) electrons.